The van der Waals surface area contributed by atoms with Gasteiger partial charge < -0.3 is 9.84 Å². The summed E-state index contributed by atoms with van der Waals surface area (Å²) in [6, 6.07) is 7.20. The van der Waals surface area contributed by atoms with Crippen LogP contribution in [0.3, 0.4) is 0 Å². The molecule has 0 amide bonds. The summed E-state index contributed by atoms with van der Waals surface area (Å²) in [5.41, 5.74) is 1.52. The first-order valence-electron chi connectivity index (χ1n) is 7.85. The van der Waals surface area contributed by atoms with Gasteiger partial charge in [-0.1, -0.05) is 19.1 Å². The summed E-state index contributed by atoms with van der Waals surface area (Å²) >= 11 is 0. The van der Waals surface area contributed by atoms with Gasteiger partial charge in [0.15, 0.2) is 0 Å². The number of nitrogens with zero attached hydrogens (tertiary/aromatic N) is 1. The standard InChI is InChI=1S/C17H25NO3/c1-2-12-21-16-4-3-10-18(11-9-16)13-14-5-7-15(8-6-14)17(19)20/h5-8,16H,2-4,9-13H2,1H3,(H,19,20). The number of likely N-dealkylation sites (tertiary alicyclic amines) is 1. The minimum atomic E-state index is -0.868. The molecule has 1 aliphatic rings. The maximum Gasteiger partial charge on any atom is 0.335 e. The van der Waals surface area contributed by atoms with Crippen molar-refractivity contribution in [1.29, 1.82) is 0 Å². The van der Waals surface area contributed by atoms with Gasteiger partial charge in [0.05, 0.1) is 11.7 Å². The number of rotatable bonds is 6. The van der Waals surface area contributed by atoms with Gasteiger partial charge in [0, 0.05) is 19.7 Å². The van der Waals surface area contributed by atoms with Crippen LogP contribution in [-0.2, 0) is 11.3 Å². The highest BCUT2D eigenvalue weighted by atomic mass is 16.5. The Balaban J connectivity index is 1.84. The van der Waals surface area contributed by atoms with Crippen molar-refractivity contribution < 1.29 is 14.6 Å². The average molecular weight is 291 g/mol. The average Bonchev–Trinajstić information content (AvgIpc) is 2.71. The van der Waals surface area contributed by atoms with E-state index in [0.717, 1.165) is 45.5 Å². The van der Waals surface area contributed by atoms with Gasteiger partial charge in [-0.2, -0.15) is 0 Å². The lowest BCUT2D eigenvalue weighted by Gasteiger charge is -2.20. The largest absolute Gasteiger partial charge is 0.478 e. The lowest BCUT2D eigenvalue weighted by atomic mass is 10.1. The van der Waals surface area contributed by atoms with E-state index in [1.807, 2.05) is 12.1 Å². The quantitative estimate of drug-likeness (QED) is 0.874. The molecule has 1 aliphatic heterocycles. The van der Waals surface area contributed by atoms with E-state index in [1.54, 1.807) is 12.1 Å². The third-order valence-corrected chi connectivity index (χ3v) is 3.93. The second kappa shape index (κ2) is 8.15. The molecule has 2 rings (SSSR count). The highest BCUT2D eigenvalue weighted by Crippen LogP contribution is 2.17. The van der Waals surface area contributed by atoms with Crippen molar-refractivity contribution in [1.82, 2.24) is 4.90 Å². The van der Waals surface area contributed by atoms with Crippen LogP contribution in [0.1, 0.15) is 48.5 Å². The summed E-state index contributed by atoms with van der Waals surface area (Å²) in [4.78, 5) is 13.3. The molecule has 116 valence electrons. The molecule has 0 saturated carbocycles. The molecule has 1 N–H and O–H groups in total. The van der Waals surface area contributed by atoms with Crippen molar-refractivity contribution in [2.45, 2.75) is 45.3 Å². The SMILES string of the molecule is CCCOC1CCCN(Cc2ccc(C(=O)O)cc2)CC1. The van der Waals surface area contributed by atoms with E-state index in [2.05, 4.69) is 11.8 Å². The number of hydrogen-bond acceptors (Lipinski definition) is 3. The zero-order valence-corrected chi connectivity index (χ0v) is 12.8. The van der Waals surface area contributed by atoms with Crippen molar-refractivity contribution in [3.63, 3.8) is 0 Å². The fourth-order valence-electron chi connectivity index (χ4n) is 2.75. The maximum absolute atomic E-state index is 10.8. The molecule has 21 heavy (non-hydrogen) atoms. The fourth-order valence-corrected chi connectivity index (χ4v) is 2.75. The van der Waals surface area contributed by atoms with E-state index in [0.29, 0.717) is 11.7 Å². The van der Waals surface area contributed by atoms with Gasteiger partial charge in [-0.3, -0.25) is 4.90 Å². The second-order valence-electron chi connectivity index (χ2n) is 5.70. The van der Waals surface area contributed by atoms with Crippen LogP contribution in [0.2, 0.25) is 0 Å². The van der Waals surface area contributed by atoms with Gasteiger partial charge in [-0.05, 0) is 49.9 Å². The number of aromatic carboxylic acids is 1. The zero-order chi connectivity index (χ0) is 15.1. The summed E-state index contributed by atoms with van der Waals surface area (Å²) in [5.74, 6) is -0.868. The van der Waals surface area contributed by atoms with Gasteiger partial charge in [0.1, 0.15) is 0 Å². The molecule has 0 aromatic heterocycles. The molecule has 1 heterocycles. The van der Waals surface area contributed by atoms with E-state index in [1.165, 1.54) is 12.0 Å². The normalized spacial score (nSPS) is 20.1. The highest BCUT2D eigenvalue weighted by Gasteiger charge is 2.17. The number of carboxylic acid groups (broad SMARTS) is 1. The first kappa shape index (κ1) is 16.0. The Morgan fingerprint density at radius 1 is 1.29 bits per heavy atom. The Hall–Kier alpha value is -1.39. The zero-order valence-electron chi connectivity index (χ0n) is 12.8. The minimum absolute atomic E-state index is 0.350. The Kier molecular flexibility index (Phi) is 6.21. The van der Waals surface area contributed by atoms with Crippen LogP contribution >= 0.6 is 0 Å². The molecule has 4 nitrogen and oxygen atoms in total. The van der Waals surface area contributed by atoms with Crippen molar-refractivity contribution in [2.24, 2.45) is 0 Å². The molecule has 1 saturated heterocycles. The molecule has 1 unspecified atom stereocenters. The first-order chi connectivity index (χ1) is 10.2. The number of carboxylic acids is 1. The van der Waals surface area contributed by atoms with Crippen LogP contribution < -0.4 is 0 Å². The number of hydrogen-bond donors (Lipinski definition) is 1. The maximum atomic E-state index is 10.8. The monoisotopic (exact) mass is 291 g/mol. The molecule has 1 aromatic rings. The molecule has 0 radical (unpaired) electrons. The van der Waals surface area contributed by atoms with Crippen LogP contribution in [0.4, 0.5) is 0 Å². The summed E-state index contributed by atoms with van der Waals surface area (Å²) < 4.78 is 5.86. The summed E-state index contributed by atoms with van der Waals surface area (Å²) in [5, 5.41) is 8.91. The van der Waals surface area contributed by atoms with Crippen LogP contribution in [0, 0.1) is 0 Å². The number of carbonyl (C=O) groups is 1. The Morgan fingerprint density at radius 2 is 2.05 bits per heavy atom. The second-order valence-corrected chi connectivity index (χ2v) is 5.70. The van der Waals surface area contributed by atoms with Crippen LogP contribution in [0.15, 0.2) is 24.3 Å². The summed E-state index contributed by atoms with van der Waals surface area (Å²) in [7, 11) is 0. The molecule has 1 aromatic carbocycles. The first-order valence-corrected chi connectivity index (χ1v) is 7.85. The molecule has 1 fully saturated rings. The molecule has 0 bridgehead atoms. The van der Waals surface area contributed by atoms with Gasteiger partial charge in [-0.15, -0.1) is 0 Å². The van der Waals surface area contributed by atoms with E-state index in [4.69, 9.17) is 9.84 Å². The van der Waals surface area contributed by atoms with E-state index >= 15 is 0 Å². The Morgan fingerprint density at radius 3 is 2.71 bits per heavy atom. The smallest absolute Gasteiger partial charge is 0.335 e. The molecule has 1 atom stereocenters. The van der Waals surface area contributed by atoms with Crippen LogP contribution in [-0.4, -0.2) is 41.8 Å². The highest BCUT2D eigenvalue weighted by molar-refractivity contribution is 5.87. The van der Waals surface area contributed by atoms with Crippen molar-refractivity contribution >= 4 is 5.97 Å². The van der Waals surface area contributed by atoms with E-state index < -0.39 is 5.97 Å². The molecular weight excluding hydrogens is 266 g/mol. The van der Waals surface area contributed by atoms with Crippen LogP contribution in [0.5, 0.6) is 0 Å². The molecule has 0 spiro atoms. The van der Waals surface area contributed by atoms with Gasteiger partial charge in [-0.25, -0.2) is 4.79 Å². The molecule has 4 heteroatoms. The van der Waals surface area contributed by atoms with Crippen molar-refractivity contribution in [3.05, 3.63) is 35.4 Å². The summed E-state index contributed by atoms with van der Waals surface area (Å²) in [6.07, 6.45) is 4.89. The lowest BCUT2D eigenvalue weighted by molar-refractivity contribution is 0.0437. The van der Waals surface area contributed by atoms with Gasteiger partial charge in [0.25, 0.3) is 0 Å². The third-order valence-electron chi connectivity index (χ3n) is 3.93. The summed E-state index contributed by atoms with van der Waals surface area (Å²) in [6.45, 7) is 6.03. The molecule has 0 aliphatic carbocycles. The third kappa shape index (κ3) is 5.14. The van der Waals surface area contributed by atoms with Crippen molar-refractivity contribution in [2.75, 3.05) is 19.7 Å². The predicted octanol–water partition coefficient (Wildman–Crippen LogP) is 3.17. The van der Waals surface area contributed by atoms with Gasteiger partial charge >= 0.3 is 5.97 Å². The lowest BCUT2D eigenvalue weighted by Crippen LogP contribution is -2.25. The van der Waals surface area contributed by atoms with E-state index in [9.17, 15) is 4.79 Å². The minimum Gasteiger partial charge on any atom is -0.478 e. The molecular formula is C17H25NO3. The Labute approximate surface area is 126 Å². The van der Waals surface area contributed by atoms with Crippen LogP contribution in [0.25, 0.3) is 0 Å². The number of benzene rings is 1. The van der Waals surface area contributed by atoms with E-state index in [-0.39, 0.29) is 0 Å². The van der Waals surface area contributed by atoms with Gasteiger partial charge in [0.2, 0.25) is 0 Å². The Bertz CT molecular complexity index is 444. The topological polar surface area (TPSA) is 49.8 Å². The fraction of sp³-hybridized carbons (Fsp3) is 0.588. The van der Waals surface area contributed by atoms with Crippen molar-refractivity contribution in [3.8, 4) is 0 Å². The predicted molar refractivity (Wildman–Crippen MR) is 82.6 cm³/mol. The number of ether oxygens (including phenoxy) is 1.